The lowest BCUT2D eigenvalue weighted by Gasteiger charge is -2.35. The first-order chi connectivity index (χ1) is 9.63. The zero-order valence-corrected chi connectivity index (χ0v) is 14.2. The maximum Gasteiger partial charge on any atom is 0.0512 e. The molecule has 1 saturated heterocycles. The van der Waals surface area contributed by atoms with Crippen molar-refractivity contribution in [1.82, 2.24) is 5.32 Å². The molecular weight excluding hydrogens is 262 g/mol. The highest BCUT2D eigenvalue weighted by atomic mass is 32.2. The molecular formula is C18H31NS. The quantitative estimate of drug-likeness (QED) is 0.721. The zero-order chi connectivity index (χ0) is 14.1. The average Bonchev–Trinajstić information content (AvgIpc) is 2.82. The molecule has 1 heterocycles. The van der Waals surface area contributed by atoms with E-state index in [1.165, 1.54) is 44.9 Å². The van der Waals surface area contributed by atoms with Crippen molar-refractivity contribution >= 4 is 11.8 Å². The van der Waals surface area contributed by atoms with Crippen LogP contribution in [0.3, 0.4) is 0 Å². The van der Waals surface area contributed by atoms with Crippen LogP contribution in [-0.4, -0.2) is 16.7 Å². The van der Waals surface area contributed by atoms with E-state index in [9.17, 15) is 0 Å². The highest BCUT2D eigenvalue weighted by molar-refractivity contribution is 8.01. The molecule has 0 aromatic rings. The number of allylic oxidation sites excluding steroid dienone is 1. The van der Waals surface area contributed by atoms with Gasteiger partial charge in [-0.3, -0.25) is 0 Å². The largest absolute Gasteiger partial charge is 0.301 e. The Bertz CT molecular complexity index is 356. The summed E-state index contributed by atoms with van der Waals surface area (Å²) in [6.45, 7) is 7.18. The van der Waals surface area contributed by atoms with Crippen molar-refractivity contribution in [2.45, 2.75) is 82.4 Å². The number of hydrogen-bond acceptors (Lipinski definition) is 2. The van der Waals surface area contributed by atoms with Crippen LogP contribution in [0, 0.1) is 17.8 Å². The van der Waals surface area contributed by atoms with E-state index in [1.54, 1.807) is 5.57 Å². The van der Waals surface area contributed by atoms with Gasteiger partial charge in [-0.15, -0.1) is 11.8 Å². The standard InChI is InChI=1S/C18H31NS/c1-12-4-8-15(9-5-12)17-18(20-14(3)19-17)16-10-6-13(2)7-11-16/h10,12-15,17-19H,4-9,11H2,1-3H3. The summed E-state index contributed by atoms with van der Waals surface area (Å²) in [5.41, 5.74) is 1.77. The van der Waals surface area contributed by atoms with E-state index < -0.39 is 0 Å². The summed E-state index contributed by atoms with van der Waals surface area (Å²) >= 11 is 2.20. The van der Waals surface area contributed by atoms with Crippen molar-refractivity contribution in [2.75, 3.05) is 0 Å². The summed E-state index contributed by atoms with van der Waals surface area (Å²) in [4.78, 5) is 0. The van der Waals surface area contributed by atoms with E-state index in [0.717, 1.165) is 29.0 Å². The molecule has 4 atom stereocenters. The lowest BCUT2D eigenvalue weighted by Crippen LogP contribution is -2.41. The minimum atomic E-state index is 0.643. The lowest BCUT2D eigenvalue weighted by atomic mass is 9.76. The molecule has 20 heavy (non-hydrogen) atoms. The van der Waals surface area contributed by atoms with E-state index in [-0.39, 0.29) is 0 Å². The van der Waals surface area contributed by atoms with Crippen LogP contribution in [0.4, 0.5) is 0 Å². The Balaban J connectivity index is 1.69. The molecule has 0 bridgehead atoms. The second-order valence-corrected chi connectivity index (χ2v) is 9.06. The average molecular weight is 294 g/mol. The van der Waals surface area contributed by atoms with Gasteiger partial charge in [0, 0.05) is 11.3 Å². The fourth-order valence-electron chi connectivity index (χ4n) is 4.29. The van der Waals surface area contributed by atoms with Crippen molar-refractivity contribution in [2.24, 2.45) is 17.8 Å². The van der Waals surface area contributed by atoms with Gasteiger partial charge in [-0.05, 0) is 56.8 Å². The van der Waals surface area contributed by atoms with Crippen molar-refractivity contribution in [3.05, 3.63) is 11.6 Å². The van der Waals surface area contributed by atoms with Gasteiger partial charge in [0.05, 0.1) is 5.37 Å². The van der Waals surface area contributed by atoms with Crippen LogP contribution in [0.2, 0.25) is 0 Å². The van der Waals surface area contributed by atoms with Gasteiger partial charge in [0.15, 0.2) is 0 Å². The minimum absolute atomic E-state index is 0.643. The molecule has 0 spiro atoms. The number of rotatable bonds is 2. The molecule has 1 N–H and O–H groups in total. The summed E-state index contributed by atoms with van der Waals surface area (Å²) in [5.74, 6) is 2.80. The van der Waals surface area contributed by atoms with Gasteiger partial charge in [-0.2, -0.15) is 0 Å². The second-order valence-electron chi connectivity index (χ2n) is 7.57. The summed E-state index contributed by atoms with van der Waals surface area (Å²) in [6, 6.07) is 0.752. The third-order valence-electron chi connectivity index (χ3n) is 5.75. The van der Waals surface area contributed by atoms with E-state index >= 15 is 0 Å². The molecule has 2 aliphatic carbocycles. The molecule has 3 aliphatic rings. The topological polar surface area (TPSA) is 12.0 Å². The van der Waals surface area contributed by atoms with Crippen molar-refractivity contribution in [3.63, 3.8) is 0 Å². The molecule has 1 aliphatic heterocycles. The van der Waals surface area contributed by atoms with E-state index in [2.05, 4.69) is 43.9 Å². The second kappa shape index (κ2) is 6.44. The van der Waals surface area contributed by atoms with E-state index in [1.807, 2.05) is 0 Å². The molecule has 1 nitrogen and oxygen atoms in total. The normalized spacial score (nSPS) is 46.2. The number of thioether (sulfide) groups is 1. The molecule has 1 saturated carbocycles. The Morgan fingerprint density at radius 3 is 2.40 bits per heavy atom. The lowest BCUT2D eigenvalue weighted by molar-refractivity contribution is 0.235. The van der Waals surface area contributed by atoms with Gasteiger partial charge < -0.3 is 5.32 Å². The first-order valence-electron chi connectivity index (χ1n) is 8.74. The van der Waals surface area contributed by atoms with Gasteiger partial charge >= 0.3 is 0 Å². The maximum atomic E-state index is 3.92. The first-order valence-corrected chi connectivity index (χ1v) is 9.68. The molecule has 0 aromatic heterocycles. The predicted molar refractivity (Wildman–Crippen MR) is 90.0 cm³/mol. The number of nitrogens with one attached hydrogen (secondary N) is 1. The number of hydrogen-bond donors (Lipinski definition) is 1. The minimum Gasteiger partial charge on any atom is -0.301 e. The maximum absolute atomic E-state index is 3.92. The summed E-state index contributed by atoms with van der Waals surface area (Å²) in [6.07, 6.45) is 12.5. The van der Waals surface area contributed by atoms with Crippen LogP contribution in [-0.2, 0) is 0 Å². The van der Waals surface area contributed by atoms with Crippen molar-refractivity contribution in [1.29, 1.82) is 0 Å². The molecule has 4 unspecified atom stereocenters. The van der Waals surface area contributed by atoms with Crippen molar-refractivity contribution in [3.8, 4) is 0 Å². The van der Waals surface area contributed by atoms with Gasteiger partial charge in [-0.1, -0.05) is 38.3 Å². The van der Waals surface area contributed by atoms with Crippen LogP contribution >= 0.6 is 11.8 Å². The van der Waals surface area contributed by atoms with Crippen molar-refractivity contribution < 1.29 is 0 Å². The smallest absolute Gasteiger partial charge is 0.0512 e. The van der Waals surface area contributed by atoms with Gasteiger partial charge in [0.25, 0.3) is 0 Å². The molecule has 0 amide bonds. The Morgan fingerprint density at radius 2 is 1.75 bits per heavy atom. The van der Waals surface area contributed by atoms with E-state index in [4.69, 9.17) is 0 Å². The first kappa shape index (κ1) is 15.0. The monoisotopic (exact) mass is 293 g/mol. The molecule has 2 fully saturated rings. The summed E-state index contributed by atoms with van der Waals surface area (Å²) < 4.78 is 0. The van der Waals surface area contributed by atoms with Crippen LogP contribution in [0.5, 0.6) is 0 Å². The molecule has 0 radical (unpaired) electrons. The van der Waals surface area contributed by atoms with Gasteiger partial charge in [0.2, 0.25) is 0 Å². The van der Waals surface area contributed by atoms with Crippen LogP contribution in [0.25, 0.3) is 0 Å². The molecule has 3 rings (SSSR count). The van der Waals surface area contributed by atoms with Gasteiger partial charge in [-0.25, -0.2) is 0 Å². The Labute approximate surface area is 129 Å². The fraction of sp³-hybridized carbons (Fsp3) is 0.889. The van der Waals surface area contributed by atoms with E-state index in [0.29, 0.717) is 5.37 Å². The highest BCUT2D eigenvalue weighted by Gasteiger charge is 2.40. The summed E-state index contributed by atoms with van der Waals surface area (Å²) in [7, 11) is 0. The molecule has 2 heteroatoms. The third-order valence-corrected chi connectivity index (χ3v) is 7.18. The third kappa shape index (κ3) is 3.27. The van der Waals surface area contributed by atoms with Crippen LogP contribution in [0.15, 0.2) is 11.6 Å². The zero-order valence-electron chi connectivity index (χ0n) is 13.4. The Hall–Kier alpha value is 0.0500. The fourth-order valence-corrected chi connectivity index (χ4v) is 5.83. The molecule has 114 valence electrons. The highest BCUT2D eigenvalue weighted by Crippen LogP contribution is 2.43. The summed E-state index contributed by atoms with van der Waals surface area (Å²) in [5, 5.41) is 5.34. The van der Waals surface area contributed by atoms with Crippen LogP contribution < -0.4 is 5.32 Å². The SMILES string of the molecule is CC1CC=C(C2SC(C)NC2C2CCC(C)CC2)CC1. The Morgan fingerprint density at radius 1 is 1.00 bits per heavy atom. The Kier molecular flexibility index (Phi) is 4.82. The van der Waals surface area contributed by atoms with Gasteiger partial charge in [0.1, 0.15) is 0 Å². The molecule has 0 aromatic carbocycles. The predicted octanol–water partition coefficient (Wildman–Crippen LogP) is 4.98. The van der Waals surface area contributed by atoms with Crippen LogP contribution in [0.1, 0.15) is 65.7 Å².